The molecular formula is C32H37N7O3. The second-order valence-electron chi connectivity index (χ2n) is 11.4. The first kappa shape index (κ1) is 27.8. The second kappa shape index (κ2) is 11.9. The quantitative estimate of drug-likeness (QED) is 0.429. The fraction of sp³-hybridized carbons (Fsp3) is 0.438. The summed E-state index contributed by atoms with van der Waals surface area (Å²) in [6, 6.07) is 14.4. The van der Waals surface area contributed by atoms with E-state index in [4.69, 9.17) is 14.7 Å². The number of hydrogen-bond donors (Lipinski definition) is 1. The highest BCUT2D eigenvalue weighted by Crippen LogP contribution is 2.37. The summed E-state index contributed by atoms with van der Waals surface area (Å²) < 4.78 is 6.26. The molecule has 2 atom stereocenters. The zero-order chi connectivity index (χ0) is 29.2. The Kier molecular flexibility index (Phi) is 7.85. The number of likely N-dealkylation sites (N-methyl/N-ethyl adjacent to an activating group) is 1. The zero-order valence-electron chi connectivity index (χ0n) is 24.1. The van der Waals surface area contributed by atoms with Crippen LogP contribution in [0.25, 0.3) is 10.8 Å². The molecular weight excluding hydrogens is 530 g/mol. The van der Waals surface area contributed by atoms with Gasteiger partial charge in [0.15, 0.2) is 0 Å². The minimum atomic E-state index is -0.255. The van der Waals surface area contributed by atoms with Gasteiger partial charge in [0, 0.05) is 54.9 Å². The van der Waals surface area contributed by atoms with Crippen molar-refractivity contribution in [2.45, 2.75) is 44.3 Å². The van der Waals surface area contributed by atoms with E-state index in [1.165, 1.54) is 6.08 Å². The lowest BCUT2D eigenvalue weighted by Crippen LogP contribution is -2.55. The highest BCUT2D eigenvalue weighted by molar-refractivity contribution is 5.95. The van der Waals surface area contributed by atoms with E-state index in [0.29, 0.717) is 44.8 Å². The van der Waals surface area contributed by atoms with Crippen molar-refractivity contribution in [1.82, 2.24) is 19.8 Å². The molecule has 0 saturated carbocycles. The van der Waals surface area contributed by atoms with Crippen molar-refractivity contribution in [2.75, 3.05) is 56.2 Å². The molecule has 1 amide bonds. The lowest BCUT2D eigenvalue weighted by Gasteiger charge is -2.42. The summed E-state index contributed by atoms with van der Waals surface area (Å²) in [5, 5.41) is 22.1. The predicted octanol–water partition coefficient (Wildman–Crippen LogP) is 3.49. The second-order valence-corrected chi connectivity index (χ2v) is 11.4. The van der Waals surface area contributed by atoms with Crippen molar-refractivity contribution in [3.05, 3.63) is 60.3 Å². The van der Waals surface area contributed by atoms with Crippen LogP contribution in [0.4, 0.5) is 11.5 Å². The fourth-order valence-electron chi connectivity index (χ4n) is 6.55. The number of benzene rings is 2. The molecule has 0 radical (unpaired) electrons. The van der Waals surface area contributed by atoms with Crippen molar-refractivity contribution < 1.29 is 14.6 Å². The van der Waals surface area contributed by atoms with E-state index in [1.54, 1.807) is 11.0 Å². The van der Waals surface area contributed by atoms with E-state index >= 15 is 0 Å². The monoisotopic (exact) mass is 567 g/mol. The molecule has 3 aromatic rings. The summed E-state index contributed by atoms with van der Waals surface area (Å²) in [6.45, 7) is 8.10. The van der Waals surface area contributed by atoms with Crippen LogP contribution in [0.5, 0.6) is 11.8 Å². The Morgan fingerprint density at radius 3 is 2.81 bits per heavy atom. The van der Waals surface area contributed by atoms with Crippen LogP contribution in [0, 0.1) is 11.3 Å². The van der Waals surface area contributed by atoms with Crippen LogP contribution >= 0.6 is 0 Å². The molecule has 2 fully saturated rings. The van der Waals surface area contributed by atoms with E-state index in [2.05, 4.69) is 40.5 Å². The van der Waals surface area contributed by atoms with Crippen LogP contribution in [0.1, 0.15) is 30.5 Å². The normalized spacial score (nSPS) is 20.8. The molecule has 4 heterocycles. The van der Waals surface area contributed by atoms with Gasteiger partial charge in [-0.2, -0.15) is 15.2 Å². The number of likely N-dealkylation sites (tertiary alicyclic amines) is 1. The molecule has 2 aromatic carbocycles. The maximum absolute atomic E-state index is 12.5. The molecule has 0 spiro atoms. The third kappa shape index (κ3) is 5.44. The molecule has 218 valence electrons. The lowest BCUT2D eigenvalue weighted by molar-refractivity contribution is -0.128. The number of phenols is 1. The van der Waals surface area contributed by atoms with Gasteiger partial charge in [0.05, 0.1) is 30.8 Å². The largest absolute Gasteiger partial charge is 0.508 e. The first-order chi connectivity index (χ1) is 20.4. The number of carbonyl (C=O) groups excluding carboxylic acids is 1. The molecule has 3 aliphatic rings. The summed E-state index contributed by atoms with van der Waals surface area (Å²) in [5.74, 6) is 0.903. The Hall–Kier alpha value is -4.36. The van der Waals surface area contributed by atoms with Gasteiger partial charge in [-0.15, -0.1) is 0 Å². The number of aromatic nitrogens is 2. The number of piperazine rings is 1. The Labute approximate surface area is 246 Å². The molecule has 6 rings (SSSR count). The van der Waals surface area contributed by atoms with Gasteiger partial charge in [0.2, 0.25) is 5.91 Å². The maximum atomic E-state index is 12.5. The van der Waals surface area contributed by atoms with Gasteiger partial charge in [0.1, 0.15) is 18.2 Å². The maximum Gasteiger partial charge on any atom is 0.318 e. The lowest BCUT2D eigenvalue weighted by atomic mass is 10.0. The Bertz CT molecular complexity index is 1540. The molecule has 10 nitrogen and oxygen atoms in total. The minimum absolute atomic E-state index is 0.154. The van der Waals surface area contributed by atoms with Gasteiger partial charge in [-0.1, -0.05) is 30.8 Å². The molecule has 0 bridgehead atoms. The summed E-state index contributed by atoms with van der Waals surface area (Å²) in [7, 11) is 2.12. The van der Waals surface area contributed by atoms with Gasteiger partial charge in [-0.25, -0.2) is 0 Å². The first-order valence-electron chi connectivity index (χ1n) is 14.7. The molecule has 42 heavy (non-hydrogen) atoms. The number of hydrogen-bond acceptors (Lipinski definition) is 9. The topological polar surface area (TPSA) is 109 Å². The number of fused-ring (bicyclic) bond motifs is 2. The van der Waals surface area contributed by atoms with E-state index in [1.807, 2.05) is 24.3 Å². The molecule has 1 unspecified atom stereocenters. The summed E-state index contributed by atoms with van der Waals surface area (Å²) in [6.07, 6.45) is 4.51. The van der Waals surface area contributed by atoms with Crippen molar-refractivity contribution in [3.8, 4) is 17.8 Å². The number of nitrogens with zero attached hydrogens (tertiary/aromatic N) is 7. The van der Waals surface area contributed by atoms with E-state index in [9.17, 15) is 15.2 Å². The first-order valence-corrected chi connectivity index (χ1v) is 14.7. The zero-order valence-corrected chi connectivity index (χ0v) is 24.1. The van der Waals surface area contributed by atoms with Crippen LogP contribution < -0.4 is 14.5 Å². The van der Waals surface area contributed by atoms with Crippen LogP contribution in [-0.2, 0) is 17.8 Å². The van der Waals surface area contributed by atoms with Crippen LogP contribution in [0.15, 0.2) is 49.1 Å². The van der Waals surface area contributed by atoms with Crippen molar-refractivity contribution in [3.63, 3.8) is 0 Å². The molecule has 3 aliphatic heterocycles. The van der Waals surface area contributed by atoms with Gasteiger partial charge < -0.3 is 29.4 Å². The van der Waals surface area contributed by atoms with E-state index < -0.39 is 0 Å². The fourth-order valence-corrected chi connectivity index (χ4v) is 6.55. The standard InChI is InChI=1S/C32H37N7O3/c1-3-30(41)39-16-15-38(19-23(39)10-12-33)31-27-11-14-37(29-18-25(40)17-22-7-4-5-9-26(22)29)20-28(27)34-32(35-31)42-21-24-8-6-13-36(24)2/h3-5,7,9,17-18,23-24,40H,1,6,8,10-11,13-16,19-21H2,2H3/t23-,24?/m0/s1. The molecule has 0 aliphatic carbocycles. The number of aromatic hydroxyl groups is 1. The smallest absolute Gasteiger partial charge is 0.318 e. The van der Waals surface area contributed by atoms with E-state index in [0.717, 1.165) is 65.9 Å². The number of anilines is 2. The Morgan fingerprint density at radius 1 is 1.17 bits per heavy atom. The van der Waals surface area contributed by atoms with Crippen molar-refractivity contribution >= 4 is 28.2 Å². The minimum Gasteiger partial charge on any atom is -0.508 e. The van der Waals surface area contributed by atoms with Crippen molar-refractivity contribution in [1.29, 1.82) is 5.26 Å². The predicted molar refractivity (Wildman–Crippen MR) is 162 cm³/mol. The molecule has 1 N–H and O–H groups in total. The average Bonchev–Trinajstić information content (AvgIpc) is 3.42. The number of ether oxygens (including phenoxy) is 1. The number of carbonyl (C=O) groups is 1. The highest BCUT2D eigenvalue weighted by Gasteiger charge is 2.33. The van der Waals surface area contributed by atoms with Crippen LogP contribution in [0.2, 0.25) is 0 Å². The third-order valence-corrected chi connectivity index (χ3v) is 8.83. The molecule has 10 heteroatoms. The third-order valence-electron chi connectivity index (χ3n) is 8.83. The van der Waals surface area contributed by atoms with Gasteiger partial charge in [0.25, 0.3) is 0 Å². The van der Waals surface area contributed by atoms with Gasteiger partial charge >= 0.3 is 6.01 Å². The van der Waals surface area contributed by atoms with Crippen molar-refractivity contribution in [2.24, 2.45) is 0 Å². The molecule has 2 saturated heterocycles. The van der Waals surface area contributed by atoms with Crippen LogP contribution in [0.3, 0.4) is 0 Å². The van der Waals surface area contributed by atoms with E-state index in [-0.39, 0.29) is 24.1 Å². The number of phenolic OH excluding ortho intramolecular Hbond substituents is 1. The Balaban J connectivity index is 1.34. The van der Waals surface area contributed by atoms with Crippen LogP contribution in [-0.4, -0.2) is 89.2 Å². The summed E-state index contributed by atoms with van der Waals surface area (Å²) in [5.41, 5.74) is 2.94. The van der Waals surface area contributed by atoms with Gasteiger partial charge in [-0.3, -0.25) is 4.79 Å². The average molecular weight is 568 g/mol. The summed E-state index contributed by atoms with van der Waals surface area (Å²) >= 11 is 0. The molecule has 1 aromatic heterocycles. The van der Waals surface area contributed by atoms with Gasteiger partial charge in [-0.05, 0) is 50.4 Å². The Morgan fingerprint density at radius 2 is 2.02 bits per heavy atom. The number of amides is 1. The number of nitriles is 1. The number of rotatable bonds is 7. The highest BCUT2D eigenvalue weighted by atomic mass is 16.5. The summed E-state index contributed by atoms with van der Waals surface area (Å²) in [4.78, 5) is 30.9. The SMILES string of the molecule is C=CC(=O)N1CCN(c2nc(OCC3CCCN3C)nc3c2CCN(c2cc(O)cc4ccccc24)C3)C[C@@H]1CC#N.